The maximum atomic E-state index is 9.88. The molecule has 0 aliphatic rings. The second-order valence-electron chi connectivity index (χ2n) is 3.43. The second-order valence-corrected chi connectivity index (χ2v) is 3.43. The van der Waals surface area contributed by atoms with E-state index in [-0.39, 0.29) is 12.5 Å². The molecule has 0 aromatic heterocycles. The van der Waals surface area contributed by atoms with E-state index in [1.807, 2.05) is 0 Å². The summed E-state index contributed by atoms with van der Waals surface area (Å²) in [5.41, 5.74) is 11.0. The standard InChI is InChI=1S/C11H17N3O3/c1-16-8-3-7(4-9(5-8)17-2)10(15)6-14-11(12)13/h3-5,10,15H,6H2,1-2H3,(H4,12,13,14). The summed E-state index contributed by atoms with van der Waals surface area (Å²) in [6.07, 6.45) is -0.805. The highest BCUT2D eigenvalue weighted by Crippen LogP contribution is 2.26. The Bertz CT molecular complexity index is 381. The van der Waals surface area contributed by atoms with Crippen LogP contribution < -0.4 is 20.9 Å². The first-order chi connectivity index (χ1) is 8.06. The maximum Gasteiger partial charge on any atom is 0.186 e. The zero-order valence-corrected chi connectivity index (χ0v) is 9.88. The number of nitrogens with zero attached hydrogens (tertiary/aromatic N) is 1. The molecule has 0 spiro atoms. The van der Waals surface area contributed by atoms with E-state index in [0.29, 0.717) is 17.1 Å². The molecule has 1 unspecified atom stereocenters. The van der Waals surface area contributed by atoms with E-state index in [4.69, 9.17) is 20.9 Å². The number of methoxy groups -OCH3 is 2. The third kappa shape index (κ3) is 3.84. The number of aliphatic hydroxyl groups is 1. The van der Waals surface area contributed by atoms with Gasteiger partial charge in [0.2, 0.25) is 0 Å². The Morgan fingerprint density at radius 1 is 1.24 bits per heavy atom. The fourth-order valence-corrected chi connectivity index (χ4v) is 1.32. The quantitative estimate of drug-likeness (QED) is 0.496. The average Bonchev–Trinajstić information content (AvgIpc) is 2.34. The van der Waals surface area contributed by atoms with Crippen LogP contribution in [0.25, 0.3) is 0 Å². The molecule has 0 saturated carbocycles. The molecule has 0 bridgehead atoms. The topological polar surface area (TPSA) is 103 Å². The number of hydrogen-bond donors (Lipinski definition) is 3. The molecule has 5 N–H and O–H groups in total. The molecule has 1 rings (SSSR count). The zero-order valence-electron chi connectivity index (χ0n) is 9.88. The number of nitrogens with two attached hydrogens (primary N) is 2. The van der Waals surface area contributed by atoms with Crippen molar-refractivity contribution in [3.8, 4) is 11.5 Å². The molecule has 1 aromatic carbocycles. The van der Waals surface area contributed by atoms with Crippen molar-refractivity contribution in [2.24, 2.45) is 16.5 Å². The monoisotopic (exact) mass is 239 g/mol. The molecule has 17 heavy (non-hydrogen) atoms. The third-order valence-electron chi connectivity index (χ3n) is 2.21. The maximum absolute atomic E-state index is 9.88. The van der Waals surface area contributed by atoms with Crippen molar-refractivity contribution in [1.29, 1.82) is 0 Å². The molecule has 6 nitrogen and oxygen atoms in total. The number of aliphatic hydroxyl groups excluding tert-OH is 1. The number of rotatable bonds is 5. The fraction of sp³-hybridized carbons (Fsp3) is 0.364. The van der Waals surface area contributed by atoms with Crippen LogP contribution in [0.1, 0.15) is 11.7 Å². The Morgan fingerprint density at radius 3 is 2.18 bits per heavy atom. The fourth-order valence-electron chi connectivity index (χ4n) is 1.32. The second kappa shape index (κ2) is 5.95. The highest BCUT2D eigenvalue weighted by atomic mass is 16.5. The lowest BCUT2D eigenvalue weighted by Gasteiger charge is -2.12. The number of guanidine groups is 1. The van der Waals surface area contributed by atoms with Crippen molar-refractivity contribution in [1.82, 2.24) is 0 Å². The van der Waals surface area contributed by atoms with E-state index < -0.39 is 6.10 Å². The predicted octanol–water partition coefficient (Wildman–Crippen LogP) is 0.0106. The molecule has 1 aromatic rings. The van der Waals surface area contributed by atoms with Crippen LogP contribution in [-0.4, -0.2) is 31.8 Å². The summed E-state index contributed by atoms with van der Waals surface area (Å²) in [4.78, 5) is 3.75. The smallest absolute Gasteiger partial charge is 0.186 e. The summed E-state index contributed by atoms with van der Waals surface area (Å²) in [6.45, 7) is 0.0959. The van der Waals surface area contributed by atoms with Crippen molar-refractivity contribution < 1.29 is 14.6 Å². The van der Waals surface area contributed by atoms with E-state index in [9.17, 15) is 5.11 Å². The van der Waals surface area contributed by atoms with E-state index in [1.54, 1.807) is 32.4 Å². The van der Waals surface area contributed by atoms with Gasteiger partial charge >= 0.3 is 0 Å². The normalized spacial score (nSPS) is 11.7. The number of hydrogen-bond acceptors (Lipinski definition) is 4. The van der Waals surface area contributed by atoms with Crippen LogP contribution in [0.5, 0.6) is 11.5 Å². The predicted molar refractivity (Wildman–Crippen MR) is 65.2 cm³/mol. The van der Waals surface area contributed by atoms with Gasteiger partial charge in [-0.25, -0.2) is 0 Å². The first kappa shape index (κ1) is 13.1. The lowest BCUT2D eigenvalue weighted by atomic mass is 10.1. The molecule has 0 heterocycles. The Kier molecular flexibility index (Phi) is 4.59. The molecule has 0 saturated heterocycles. The van der Waals surface area contributed by atoms with Crippen LogP contribution in [-0.2, 0) is 0 Å². The minimum Gasteiger partial charge on any atom is -0.497 e. The van der Waals surface area contributed by atoms with Gasteiger partial charge in [-0.05, 0) is 17.7 Å². The Morgan fingerprint density at radius 2 is 1.76 bits per heavy atom. The van der Waals surface area contributed by atoms with Gasteiger partial charge in [0, 0.05) is 6.07 Å². The summed E-state index contributed by atoms with van der Waals surface area (Å²) in [7, 11) is 3.09. The van der Waals surface area contributed by atoms with E-state index in [0.717, 1.165) is 0 Å². The highest BCUT2D eigenvalue weighted by Gasteiger charge is 2.10. The van der Waals surface area contributed by atoms with Crippen LogP contribution in [0.3, 0.4) is 0 Å². The van der Waals surface area contributed by atoms with Crippen LogP contribution in [0.2, 0.25) is 0 Å². The molecule has 1 atom stereocenters. The average molecular weight is 239 g/mol. The largest absolute Gasteiger partial charge is 0.497 e. The molecular weight excluding hydrogens is 222 g/mol. The van der Waals surface area contributed by atoms with E-state index in [2.05, 4.69) is 4.99 Å². The van der Waals surface area contributed by atoms with Crippen molar-refractivity contribution in [2.75, 3.05) is 20.8 Å². The molecule has 94 valence electrons. The highest BCUT2D eigenvalue weighted by molar-refractivity contribution is 5.75. The molecule has 0 fully saturated rings. The molecular formula is C11H17N3O3. The molecule has 0 amide bonds. The Labute approximate surface area is 99.9 Å². The summed E-state index contributed by atoms with van der Waals surface area (Å²) in [5, 5.41) is 9.88. The molecule has 0 radical (unpaired) electrons. The minimum atomic E-state index is -0.805. The van der Waals surface area contributed by atoms with Gasteiger partial charge in [0.25, 0.3) is 0 Å². The van der Waals surface area contributed by atoms with Crippen molar-refractivity contribution in [3.63, 3.8) is 0 Å². The van der Waals surface area contributed by atoms with Crippen LogP contribution in [0.15, 0.2) is 23.2 Å². The van der Waals surface area contributed by atoms with Crippen molar-refractivity contribution in [3.05, 3.63) is 23.8 Å². The Hall–Kier alpha value is -1.95. The number of aliphatic imine (C=N–C) groups is 1. The van der Waals surface area contributed by atoms with Gasteiger partial charge in [0.15, 0.2) is 5.96 Å². The van der Waals surface area contributed by atoms with Crippen LogP contribution in [0, 0.1) is 0 Å². The molecule has 6 heteroatoms. The molecule has 0 aliphatic carbocycles. The lowest BCUT2D eigenvalue weighted by Crippen LogP contribution is -2.23. The van der Waals surface area contributed by atoms with Crippen molar-refractivity contribution in [2.45, 2.75) is 6.10 Å². The van der Waals surface area contributed by atoms with Gasteiger partial charge in [-0.15, -0.1) is 0 Å². The van der Waals surface area contributed by atoms with Gasteiger partial charge in [0.1, 0.15) is 11.5 Å². The SMILES string of the molecule is COc1cc(OC)cc(C(O)CN=C(N)N)c1. The zero-order chi connectivity index (χ0) is 12.8. The lowest BCUT2D eigenvalue weighted by molar-refractivity contribution is 0.186. The third-order valence-corrected chi connectivity index (χ3v) is 2.21. The Balaban J connectivity index is 2.91. The first-order valence-corrected chi connectivity index (χ1v) is 5.03. The molecule has 0 aliphatic heterocycles. The van der Waals surface area contributed by atoms with Gasteiger partial charge < -0.3 is 26.0 Å². The van der Waals surface area contributed by atoms with Gasteiger partial charge in [-0.2, -0.15) is 0 Å². The van der Waals surface area contributed by atoms with Gasteiger partial charge in [0.05, 0.1) is 26.9 Å². The number of benzene rings is 1. The summed E-state index contributed by atoms with van der Waals surface area (Å²) >= 11 is 0. The summed E-state index contributed by atoms with van der Waals surface area (Å²) in [6, 6.07) is 5.13. The van der Waals surface area contributed by atoms with E-state index >= 15 is 0 Å². The van der Waals surface area contributed by atoms with Gasteiger partial charge in [-0.3, -0.25) is 4.99 Å². The minimum absolute atomic E-state index is 0.0566. The van der Waals surface area contributed by atoms with Crippen LogP contribution >= 0.6 is 0 Å². The summed E-state index contributed by atoms with van der Waals surface area (Å²) in [5.74, 6) is 1.14. The summed E-state index contributed by atoms with van der Waals surface area (Å²) < 4.78 is 10.2. The first-order valence-electron chi connectivity index (χ1n) is 5.03. The van der Waals surface area contributed by atoms with Gasteiger partial charge in [-0.1, -0.05) is 0 Å². The van der Waals surface area contributed by atoms with Crippen LogP contribution in [0.4, 0.5) is 0 Å². The van der Waals surface area contributed by atoms with Crippen molar-refractivity contribution >= 4 is 5.96 Å². The van der Waals surface area contributed by atoms with E-state index in [1.165, 1.54) is 0 Å². The number of ether oxygens (including phenoxy) is 2.